The molecular formula is C20H38ClOP. The molecular weight excluding hydrogens is 323 g/mol. The molecule has 3 aliphatic rings. The summed E-state index contributed by atoms with van der Waals surface area (Å²) in [7, 11) is -0.972. The maximum atomic E-state index is 10.0. The third-order valence-electron chi connectivity index (χ3n) is 7.25. The monoisotopic (exact) mass is 360 g/mol. The Bertz CT molecular complexity index is 272. The van der Waals surface area contributed by atoms with E-state index >= 15 is 0 Å². The van der Waals surface area contributed by atoms with Crippen molar-refractivity contribution in [2.45, 2.75) is 113 Å². The van der Waals surface area contributed by atoms with Gasteiger partial charge >= 0.3 is 0 Å². The Hall–Kier alpha value is 0.680. The zero-order valence-corrected chi connectivity index (χ0v) is 16.7. The second-order valence-electron chi connectivity index (χ2n) is 8.32. The molecule has 0 aromatic carbocycles. The van der Waals surface area contributed by atoms with E-state index in [1.54, 1.807) is 0 Å². The third kappa shape index (κ3) is 4.45. The van der Waals surface area contributed by atoms with E-state index in [9.17, 15) is 5.11 Å². The standard InChI is InChI=1S/C20H38OP.ClH/c21-16-17-22(18-10-4-1-5-11-18,19-12-6-2-7-13-19)20-14-8-3-9-15-20;/h18-21H,1-17H2;1H/q+1;/p-1. The van der Waals surface area contributed by atoms with Crippen LogP contribution in [0.1, 0.15) is 96.3 Å². The van der Waals surface area contributed by atoms with Crippen molar-refractivity contribution in [3.05, 3.63) is 0 Å². The molecule has 23 heavy (non-hydrogen) atoms. The van der Waals surface area contributed by atoms with Crippen molar-refractivity contribution >= 4 is 7.26 Å². The van der Waals surface area contributed by atoms with Gasteiger partial charge in [-0.3, -0.25) is 0 Å². The van der Waals surface area contributed by atoms with Gasteiger partial charge in [0.25, 0.3) is 0 Å². The third-order valence-corrected chi connectivity index (χ3v) is 13.9. The van der Waals surface area contributed by atoms with E-state index in [-0.39, 0.29) is 12.4 Å². The molecule has 3 rings (SSSR count). The molecule has 136 valence electrons. The lowest BCUT2D eigenvalue weighted by Crippen LogP contribution is -3.00. The molecule has 3 saturated carbocycles. The second kappa shape index (κ2) is 9.98. The molecule has 1 nitrogen and oxygen atoms in total. The van der Waals surface area contributed by atoms with E-state index in [2.05, 4.69) is 0 Å². The summed E-state index contributed by atoms with van der Waals surface area (Å²) in [6.07, 6.45) is 23.6. The van der Waals surface area contributed by atoms with Crippen LogP contribution in [-0.4, -0.2) is 34.9 Å². The van der Waals surface area contributed by atoms with Crippen molar-refractivity contribution in [2.24, 2.45) is 0 Å². The number of halogens is 1. The van der Waals surface area contributed by atoms with Gasteiger partial charge < -0.3 is 17.5 Å². The Labute approximate surface area is 151 Å². The van der Waals surface area contributed by atoms with Gasteiger partial charge in [-0.05, 0) is 77.0 Å². The molecule has 3 fully saturated rings. The van der Waals surface area contributed by atoms with Crippen LogP contribution in [0.15, 0.2) is 0 Å². The smallest absolute Gasteiger partial charge is 0.0833 e. The number of aliphatic hydroxyl groups is 1. The van der Waals surface area contributed by atoms with Gasteiger partial charge in [0.1, 0.15) is 0 Å². The average molecular weight is 361 g/mol. The first kappa shape index (κ1) is 20.0. The fourth-order valence-corrected chi connectivity index (χ4v) is 13.5. The fraction of sp³-hybridized carbons (Fsp3) is 1.00. The zero-order valence-electron chi connectivity index (χ0n) is 15.0. The van der Waals surface area contributed by atoms with E-state index in [0.717, 1.165) is 17.0 Å². The summed E-state index contributed by atoms with van der Waals surface area (Å²) >= 11 is 0. The van der Waals surface area contributed by atoms with Crippen LogP contribution in [0.2, 0.25) is 0 Å². The Morgan fingerprint density at radius 2 is 0.870 bits per heavy atom. The first-order valence-corrected chi connectivity index (χ1v) is 12.5. The lowest BCUT2D eigenvalue weighted by Gasteiger charge is -2.48. The lowest BCUT2D eigenvalue weighted by molar-refractivity contribution is -0.00000580. The number of aliphatic hydroxyl groups excluding tert-OH is 1. The molecule has 3 heteroatoms. The van der Waals surface area contributed by atoms with Gasteiger partial charge in [0.2, 0.25) is 0 Å². The van der Waals surface area contributed by atoms with Crippen molar-refractivity contribution in [3.63, 3.8) is 0 Å². The second-order valence-corrected chi connectivity index (χ2v) is 12.9. The van der Waals surface area contributed by atoms with E-state index in [1.807, 2.05) is 0 Å². The van der Waals surface area contributed by atoms with Crippen molar-refractivity contribution in [1.29, 1.82) is 0 Å². The zero-order chi connectivity index (χ0) is 15.3. The summed E-state index contributed by atoms with van der Waals surface area (Å²) in [6.45, 7) is 0.483. The normalized spacial score (nSPS) is 26.0. The minimum absolute atomic E-state index is 0. The highest BCUT2D eigenvalue weighted by Gasteiger charge is 2.56. The topological polar surface area (TPSA) is 20.2 Å². The first-order chi connectivity index (χ1) is 10.9. The molecule has 0 aromatic heterocycles. The van der Waals surface area contributed by atoms with Crippen molar-refractivity contribution in [2.75, 3.05) is 12.8 Å². The maximum absolute atomic E-state index is 10.0. The SMILES string of the molecule is OCC[P+](C1CCCCC1)(C1CCCCC1)C1CCCCC1.[Cl-]. The van der Waals surface area contributed by atoms with Crippen molar-refractivity contribution < 1.29 is 17.5 Å². The highest BCUT2D eigenvalue weighted by Crippen LogP contribution is 2.76. The molecule has 0 radical (unpaired) electrons. The van der Waals surface area contributed by atoms with Crippen molar-refractivity contribution in [3.8, 4) is 0 Å². The van der Waals surface area contributed by atoms with Gasteiger partial charge in [-0.2, -0.15) is 0 Å². The molecule has 1 N–H and O–H groups in total. The number of rotatable bonds is 5. The van der Waals surface area contributed by atoms with Crippen LogP contribution in [-0.2, 0) is 0 Å². The average Bonchev–Trinajstić information content (AvgIpc) is 2.62. The summed E-state index contributed by atoms with van der Waals surface area (Å²) in [5.41, 5.74) is 3.12. The summed E-state index contributed by atoms with van der Waals surface area (Å²) in [4.78, 5) is 0. The van der Waals surface area contributed by atoms with E-state index in [0.29, 0.717) is 6.61 Å². The summed E-state index contributed by atoms with van der Waals surface area (Å²) in [5.74, 6) is 0. The Morgan fingerprint density at radius 1 is 0.565 bits per heavy atom. The molecule has 0 spiro atoms. The minimum Gasteiger partial charge on any atom is -1.00 e. The molecule has 0 heterocycles. The van der Waals surface area contributed by atoms with E-state index in [4.69, 9.17) is 0 Å². The van der Waals surface area contributed by atoms with Crippen LogP contribution in [0, 0.1) is 0 Å². The van der Waals surface area contributed by atoms with Gasteiger partial charge in [0.15, 0.2) is 0 Å². The summed E-state index contributed by atoms with van der Waals surface area (Å²) < 4.78 is 0. The van der Waals surface area contributed by atoms with Crippen LogP contribution in [0.3, 0.4) is 0 Å². The lowest BCUT2D eigenvalue weighted by atomic mass is 9.99. The molecule has 0 aromatic rings. The molecule has 0 amide bonds. The molecule has 0 saturated heterocycles. The highest BCUT2D eigenvalue weighted by molar-refractivity contribution is 7.77. The van der Waals surface area contributed by atoms with Gasteiger partial charge in [0, 0.05) is 7.26 Å². The quantitative estimate of drug-likeness (QED) is 0.747. The van der Waals surface area contributed by atoms with E-state index < -0.39 is 7.26 Å². The minimum atomic E-state index is -0.972. The largest absolute Gasteiger partial charge is 1.00 e. The van der Waals surface area contributed by atoms with Gasteiger partial charge in [-0.25, -0.2) is 0 Å². The molecule has 0 atom stereocenters. The van der Waals surface area contributed by atoms with E-state index in [1.165, 1.54) is 102 Å². The van der Waals surface area contributed by atoms with Gasteiger partial charge in [0.05, 0.1) is 29.7 Å². The Balaban J connectivity index is 0.00000192. The van der Waals surface area contributed by atoms with Crippen LogP contribution in [0.5, 0.6) is 0 Å². The van der Waals surface area contributed by atoms with Crippen LogP contribution in [0.25, 0.3) is 0 Å². The highest BCUT2D eigenvalue weighted by atomic mass is 35.5. The van der Waals surface area contributed by atoms with Gasteiger partial charge in [-0.15, -0.1) is 0 Å². The Morgan fingerprint density at radius 3 is 1.13 bits per heavy atom. The van der Waals surface area contributed by atoms with Crippen LogP contribution >= 0.6 is 7.26 Å². The molecule has 0 unspecified atom stereocenters. The predicted octanol–water partition coefficient (Wildman–Crippen LogP) is 3.00. The summed E-state index contributed by atoms with van der Waals surface area (Å²) in [6, 6.07) is 0. The predicted molar refractivity (Wildman–Crippen MR) is 99.5 cm³/mol. The van der Waals surface area contributed by atoms with Gasteiger partial charge in [-0.1, -0.05) is 19.3 Å². The van der Waals surface area contributed by atoms with Crippen LogP contribution < -0.4 is 12.4 Å². The first-order valence-electron chi connectivity index (χ1n) is 10.4. The fourth-order valence-electron chi connectivity index (χ4n) is 6.30. The van der Waals surface area contributed by atoms with Crippen molar-refractivity contribution in [1.82, 2.24) is 0 Å². The molecule has 0 bridgehead atoms. The maximum Gasteiger partial charge on any atom is 0.0833 e. The Kier molecular flexibility index (Phi) is 8.68. The number of hydrogen-bond donors (Lipinski definition) is 1. The van der Waals surface area contributed by atoms with Crippen LogP contribution in [0.4, 0.5) is 0 Å². The molecule has 0 aliphatic heterocycles. The summed E-state index contributed by atoms with van der Waals surface area (Å²) in [5, 5.41) is 10.0. The number of hydrogen-bond acceptors (Lipinski definition) is 1. The molecule has 3 aliphatic carbocycles.